The van der Waals surface area contributed by atoms with E-state index in [4.69, 9.17) is 4.74 Å². The van der Waals surface area contributed by atoms with Crippen molar-refractivity contribution < 1.29 is 41.2 Å². The van der Waals surface area contributed by atoms with Gasteiger partial charge in [-0.1, -0.05) is 6.07 Å². The minimum Gasteiger partial charge on any atom is -0.462 e. The maximum absolute atomic E-state index is 14.3. The summed E-state index contributed by atoms with van der Waals surface area (Å²) in [5.41, 5.74) is -1.03. The second kappa shape index (κ2) is 10.4. The topological polar surface area (TPSA) is 89.8 Å². The number of amides is 1. The summed E-state index contributed by atoms with van der Waals surface area (Å²) in [6, 6.07) is 7.61. The molecule has 0 aliphatic heterocycles. The number of rotatable bonds is 7. The minimum atomic E-state index is -5.45. The Morgan fingerprint density at radius 2 is 1.67 bits per heavy atom. The highest BCUT2D eigenvalue weighted by atomic mass is 32.1. The van der Waals surface area contributed by atoms with Crippen molar-refractivity contribution in [2.75, 3.05) is 11.5 Å². The number of thiophene rings is 1. The van der Waals surface area contributed by atoms with Crippen LogP contribution in [0.3, 0.4) is 0 Å². The van der Waals surface area contributed by atoms with E-state index in [0.717, 1.165) is 30.3 Å². The monoisotopic (exact) mass is 528 g/mol. The largest absolute Gasteiger partial charge is 0.471 e. The van der Waals surface area contributed by atoms with E-state index in [1.54, 1.807) is 0 Å². The van der Waals surface area contributed by atoms with E-state index in [0.29, 0.717) is 16.9 Å². The van der Waals surface area contributed by atoms with E-state index in [2.05, 4.69) is 0 Å². The molecule has 3 rings (SSSR count). The molecule has 0 bridgehead atoms. The Morgan fingerprint density at radius 3 is 2.17 bits per heavy atom. The van der Waals surface area contributed by atoms with Crippen molar-refractivity contribution in [3.63, 3.8) is 0 Å². The van der Waals surface area contributed by atoms with Crippen LogP contribution in [-0.2, 0) is 16.1 Å². The molecule has 0 N–H and O–H groups in total. The predicted octanol–water partition coefficient (Wildman–Crippen LogP) is 6.18. The number of nitro benzene ring substituents is 1. The van der Waals surface area contributed by atoms with Crippen LogP contribution in [0.25, 0.3) is 10.4 Å². The molecule has 1 heterocycles. The zero-order valence-electron chi connectivity index (χ0n) is 18.7. The molecule has 0 spiro atoms. The highest BCUT2D eigenvalue weighted by Crippen LogP contribution is 2.44. The van der Waals surface area contributed by atoms with Crippen LogP contribution in [0.1, 0.15) is 28.4 Å². The number of halogens is 5. The minimum absolute atomic E-state index is 0.0836. The van der Waals surface area contributed by atoms with Crippen LogP contribution in [0, 0.1) is 28.7 Å². The van der Waals surface area contributed by atoms with Gasteiger partial charge in [0.2, 0.25) is 0 Å². The van der Waals surface area contributed by atoms with E-state index < -0.39 is 57.3 Å². The van der Waals surface area contributed by atoms with Crippen molar-refractivity contribution in [1.29, 1.82) is 0 Å². The first kappa shape index (κ1) is 26.7. The smallest absolute Gasteiger partial charge is 0.462 e. The number of anilines is 1. The number of alkyl halides is 3. The Labute approximate surface area is 204 Å². The Balaban J connectivity index is 2.25. The second-order valence-corrected chi connectivity index (χ2v) is 8.35. The fourth-order valence-corrected chi connectivity index (χ4v) is 4.67. The molecule has 3 aromatic rings. The second-order valence-electron chi connectivity index (χ2n) is 7.35. The van der Waals surface area contributed by atoms with E-state index in [-0.39, 0.29) is 27.6 Å². The third-order valence-electron chi connectivity index (χ3n) is 5.06. The SMILES string of the molecule is CCOC(=O)c1c(N(Cc2c(F)cccc2F)C(=O)C(F)(F)F)sc(-c2ccc([N+](=O)[O-])cc2)c1C. The molecule has 13 heteroatoms. The molecule has 0 radical (unpaired) electrons. The number of ether oxygens (including phenoxy) is 1. The van der Waals surface area contributed by atoms with Gasteiger partial charge in [0.15, 0.2) is 0 Å². The van der Waals surface area contributed by atoms with Crippen molar-refractivity contribution in [3.8, 4) is 10.4 Å². The molecule has 0 aliphatic rings. The molecule has 0 unspecified atom stereocenters. The average Bonchev–Trinajstić information content (AvgIpc) is 3.15. The quantitative estimate of drug-likeness (QED) is 0.158. The summed E-state index contributed by atoms with van der Waals surface area (Å²) in [5, 5.41) is 10.4. The van der Waals surface area contributed by atoms with E-state index in [1.165, 1.54) is 26.0 Å². The first-order valence-corrected chi connectivity index (χ1v) is 11.0. The molecule has 0 atom stereocenters. The zero-order chi connectivity index (χ0) is 26.8. The van der Waals surface area contributed by atoms with Crippen LogP contribution in [-0.4, -0.2) is 29.6 Å². The summed E-state index contributed by atoms with van der Waals surface area (Å²) in [6.45, 7) is 1.55. The summed E-state index contributed by atoms with van der Waals surface area (Å²) in [7, 11) is 0. The number of hydrogen-bond donors (Lipinski definition) is 0. The number of hydrogen-bond acceptors (Lipinski definition) is 6. The van der Waals surface area contributed by atoms with Gasteiger partial charge >= 0.3 is 18.1 Å². The van der Waals surface area contributed by atoms with Crippen molar-refractivity contribution in [1.82, 2.24) is 0 Å². The van der Waals surface area contributed by atoms with Gasteiger partial charge in [0.25, 0.3) is 5.69 Å². The fourth-order valence-electron chi connectivity index (χ4n) is 3.37. The van der Waals surface area contributed by atoms with Crippen LogP contribution in [0.15, 0.2) is 42.5 Å². The first-order valence-electron chi connectivity index (χ1n) is 10.2. The third kappa shape index (κ3) is 5.35. The number of esters is 1. The molecule has 190 valence electrons. The fraction of sp³-hybridized carbons (Fsp3) is 0.217. The average molecular weight is 528 g/mol. The Morgan fingerprint density at radius 1 is 1.08 bits per heavy atom. The Bertz CT molecular complexity index is 1300. The Kier molecular flexibility index (Phi) is 7.72. The van der Waals surface area contributed by atoms with Crippen molar-refractivity contribution >= 4 is 33.9 Å². The van der Waals surface area contributed by atoms with E-state index >= 15 is 0 Å². The highest BCUT2D eigenvalue weighted by molar-refractivity contribution is 7.20. The summed E-state index contributed by atoms with van der Waals surface area (Å²) in [5.74, 6) is -5.87. The van der Waals surface area contributed by atoms with Gasteiger partial charge in [-0.25, -0.2) is 13.6 Å². The molecule has 2 aromatic carbocycles. The van der Waals surface area contributed by atoms with Gasteiger partial charge in [0.05, 0.1) is 23.6 Å². The van der Waals surface area contributed by atoms with Crippen molar-refractivity contribution in [2.24, 2.45) is 0 Å². The molecule has 0 aliphatic carbocycles. The molecule has 0 saturated carbocycles. The van der Waals surface area contributed by atoms with E-state index in [1.807, 2.05) is 0 Å². The van der Waals surface area contributed by atoms with Gasteiger partial charge in [-0.05, 0) is 49.2 Å². The molecule has 7 nitrogen and oxygen atoms in total. The normalized spacial score (nSPS) is 11.3. The van der Waals surface area contributed by atoms with Gasteiger partial charge < -0.3 is 4.74 Å². The third-order valence-corrected chi connectivity index (χ3v) is 6.42. The summed E-state index contributed by atoms with van der Waals surface area (Å²) < 4.78 is 74.3. The lowest BCUT2D eigenvalue weighted by atomic mass is 10.1. The summed E-state index contributed by atoms with van der Waals surface area (Å²) in [4.78, 5) is 35.8. The number of nitro groups is 1. The van der Waals surface area contributed by atoms with Gasteiger partial charge in [-0.3, -0.25) is 19.8 Å². The predicted molar refractivity (Wildman–Crippen MR) is 121 cm³/mol. The van der Waals surface area contributed by atoms with Crippen molar-refractivity contribution in [3.05, 3.63) is 80.9 Å². The lowest BCUT2D eigenvalue weighted by Crippen LogP contribution is -2.41. The number of nitrogens with zero attached hydrogens (tertiary/aromatic N) is 2. The Hall–Kier alpha value is -3.87. The van der Waals surface area contributed by atoms with Crippen molar-refractivity contribution in [2.45, 2.75) is 26.6 Å². The van der Waals surface area contributed by atoms with Crippen LogP contribution in [0.2, 0.25) is 0 Å². The van der Waals surface area contributed by atoms with Crippen LogP contribution in [0.4, 0.5) is 32.6 Å². The van der Waals surface area contributed by atoms with Gasteiger partial charge in [-0.2, -0.15) is 13.2 Å². The maximum Gasteiger partial charge on any atom is 0.471 e. The van der Waals surface area contributed by atoms with Crippen LogP contribution in [0.5, 0.6) is 0 Å². The maximum atomic E-state index is 14.3. The number of carbonyl (C=O) groups excluding carboxylic acids is 2. The van der Waals surface area contributed by atoms with Gasteiger partial charge in [0, 0.05) is 22.6 Å². The highest BCUT2D eigenvalue weighted by Gasteiger charge is 2.45. The standard InChI is InChI=1S/C23H17F5N2O5S/c1-3-35-21(31)18-12(2)19(13-7-9-14(10-8-13)30(33)34)36-20(18)29(22(32)23(26,27)28)11-15-16(24)5-4-6-17(15)25/h4-10H,3,11H2,1-2H3. The molecule has 0 saturated heterocycles. The zero-order valence-corrected chi connectivity index (χ0v) is 19.5. The summed E-state index contributed by atoms with van der Waals surface area (Å²) >= 11 is 0.581. The molecule has 1 amide bonds. The lowest BCUT2D eigenvalue weighted by molar-refractivity contribution is -0.384. The summed E-state index contributed by atoms with van der Waals surface area (Å²) in [6.07, 6.45) is -5.45. The number of carbonyl (C=O) groups is 2. The molecular weight excluding hydrogens is 511 g/mol. The number of non-ortho nitro benzene ring substituents is 1. The lowest BCUT2D eigenvalue weighted by Gasteiger charge is -2.24. The molecule has 36 heavy (non-hydrogen) atoms. The number of benzene rings is 2. The van der Waals surface area contributed by atoms with Crippen LogP contribution >= 0.6 is 11.3 Å². The first-order chi connectivity index (χ1) is 16.9. The van der Waals surface area contributed by atoms with Gasteiger partial charge in [0.1, 0.15) is 16.6 Å². The van der Waals surface area contributed by atoms with Gasteiger partial charge in [-0.15, -0.1) is 11.3 Å². The molecular formula is C23H17F5N2O5S. The van der Waals surface area contributed by atoms with Crippen LogP contribution < -0.4 is 4.90 Å². The molecule has 0 fully saturated rings. The van der Waals surface area contributed by atoms with E-state index in [9.17, 15) is 41.7 Å². The molecule has 1 aromatic heterocycles.